The molecule has 1 aromatic heterocycles. The molecule has 0 aliphatic rings. The van der Waals surface area contributed by atoms with Crippen molar-refractivity contribution in [2.75, 3.05) is 0 Å². The number of aliphatic carboxylic acids is 1. The first-order chi connectivity index (χ1) is 16.1. The molecule has 1 heterocycles. The highest BCUT2D eigenvalue weighted by Crippen LogP contribution is 2.22. The van der Waals surface area contributed by atoms with Crippen LogP contribution in [0.15, 0.2) is 89.3 Å². The van der Waals surface area contributed by atoms with Crippen molar-refractivity contribution in [3.63, 3.8) is 0 Å². The Morgan fingerprint density at radius 3 is 2.15 bits per heavy atom. The Morgan fingerprint density at radius 1 is 0.848 bits per heavy atom. The van der Waals surface area contributed by atoms with Gasteiger partial charge < -0.3 is 14.8 Å². The van der Waals surface area contributed by atoms with Gasteiger partial charge in [-0.15, -0.1) is 10.2 Å². The number of carboxylic acids is 1. The van der Waals surface area contributed by atoms with Crippen LogP contribution in [0.2, 0.25) is 0 Å². The zero-order valence-electron chi connectivity index (χ0n) is 17.8. The molecule has 0 radical (unpaired) electrons. The molecule has 7 nitrogen and oxygen atoms in total. The largest absolute Gasteiger partial charge is 0.481 e. The molecule has 0 aliphatic heterocycles. The first kappa shape index (κ1) is 22.0. The van der Waals surface area contributed by atoms with Crippen molar-refractivity contribution in [3.8, 4) is 11.1 Å². The van der Waals surface area contributed by atoms with Gasteiger partial charge in [0, 0.05) is 12.0 Å². The van der Waals surface area contributed by atoms with Gasteiger partial charge in [-0.2, -0.15) is 0 Å². The Morgan fingerprint density at radius 2 is 1.48 bits per heavy atom. The van der Waals surface area contributed by atoms with Crippen LogP contribution in [0.3, 0.4) is 0 Å². The monoisotopic (exact) mass is 441 g/mol. The van der Waals surface area contributed by atoms with E-state index in [0.717, 1.165) is 16.7 Å². The Bertz CT molecular complexity index is 1210. The minimum absolute atomic E-state index is 0.135. The number of rotatable bonds is 9. The third-order valence-electron chi connectivity index (χ3n) is 5.19. The number of benzene rings is 3. The van der Waals surface area contributed by atoms with Gasteiger partial charge in [-0.1, -0.05) is 72.8 Å². The molecule has 1 amide bonds. The van der Waals surface area contributed by atoms with E-state index in [-0.39, 0.29) is 24.6 Å². The summed E-state index contributed by atoms with van der Waals surface area (Å²) >= 11 is 0. The summed E-state index contributed by atoms with van der Waals surface area (Å²) in [7, 11) is 0. The van der Waals surface area contributed by atoms with E-state index in [0.29, 0.717) is 17.9 Å². The van der Waals surface area contributed by atoms with E-state index in [4.69, 9.17) is 9.52 Å². The van der Waals surface area contributed by atoms with Gasteiger partial charge >= 0.3 is 5.97 Å². The van der Waals surface area contributed by atoms with E-state index in [1.807, 2.05) is 72.8 Å². The van der Waals surface area contributed by atoms with E-state index in [9.17, 15) is 9.59 Å². The quantitative estimate of drug-likeness (QED) is 0.391. The summed E-state index contributed by atoms with van der Waals surface area (Å²) in [5.74, 6) is -0.715. The van der Waals surface area contributed by atoms with Gasteiger partial charge in [0.15, 0.2) is 0 Å². The van der Waals surface area contributed by atoms with Gasteiger partial charge in [-0.3, -0.25) is 9.59 Å². The highest BCUT2D eigenvalue weighted by molar-refractivity contribution is 5.94. The van der Waals surface area contributed by atoms with Crippen molar-refractivity contribution >= 4 is 11.9 Å². The molecule has 0 saturated heterocycles. The molecule has 7 heteroatoms. The number of aromatic nitrogens is 2. The molecule has 3 aromatic carbocycles. The third-order valence-corrected chi connectivity index (χ3v) is 5.19. The zero-order valence-corrected chi connectivity index (χ0v) is 17.8. The second-order valence-corrected chi connectivity index (χ2v) is 7.60. The van der Waals surface area contributed by atoms with E-state index >= 15 is 0 Å². The Balaban J connectivity index is 1.48. The maximum Gasteiger partial charge on any atom is 0.303 e. The molecule has 0 bridgehead atoms. The third kappa shape index (κ3) is 5.92. The van der Waals surface area contributed by atoms with Crippen molar-refractivity contribution in [1.29, 1.82) is 0 Å². The summed E-state index contributed by atoms with van der Waals surface area (Å²) in [5, 5.41) is 20.1. The minimum atomic E-state index is -0.967. The molecule has 0 fully saturated rings. The highest BCUT2D eigenvalue weighted by atomic mass is 16.4. The maximum atomic E-state index is 12.9. The van der Waals surface area contributed by atoms with Crippen molar-refractivity contribution in [2.24, 2.45) is 0 Å². The lowest BCUT2D eigenvalue weighted by Crippen LogP contribution is -2.29. The molecule has 4 rings (SSSR count). The van der Waals surface area contributed by atoms with Crippen molar-refractivity contribution in [3.05, 3.63) is 108 Å². The topological polar surface area (TPSA) is 105 Å². The second-order valence-electron chi connectivity index (χ2n) is 7.60. The second kappa shape index (κ2) is 10.4. The Hall–Kier alpha value is -4.26. The average Bonchev–Trinajstić information content (AvgIpc) is 3.31. The molecule has 0 spiro atoms. The predicted molar refractivity (Wildman–Crippen MR) is 123 cm³/mol. The fourth-order valence-electron chi connectivity index (χ4n) is 3.46. The molecule has 2 N–H and O–H groups in total. The van der Waals surface area contributed by atoms with Crippen molar-refractivity contribution < 1.29 is 19.1 Å². The van der Waals surface area contributed by atoms with E-state index < -0.39 is 12.0 Å². The van der Waals surface area contributed by atoms with Crippen LogP contribution in [0.25, 0.3) is 11.1 Å². The smallest absolute Gasteiger partial charge is 0.303 e. The van der Waals surface area contributed by atoms with Gasteiger partial charge in [0.25, 0.3) is 5.91 Å². The van der Waals surface area contributed by atoms with E-state index in [2.05, 4.69) is 15.5 Å². The Labute approximate surface area is 191 Å². The number of carbonyl (C=O) groups excluding carboxylic acids is 1. The van der Waals surface area contributed by atoms with Crippen molar-refractivity contribution in [2.45, 2.75) is 25.3 Å². The summed E-state index contributed by atoms with van der Waals surface area (Å²) in [4.78, 5) is 24.0. The number of carboxylic acid groups (broad SMARTS) is 1. The van der Waals surface area contributed by atoms with Crippen LogP contribution in [0.5, 0.6) is 0 Å². The van der Waals surface area contributed by atoms with Crippen LogP contribution in [-0.4, -0.2) is 27.2 Å². The van der Waals surface area contributed by atoms with Gasteiger partial charge in [0.05, 0.1) is 6.42 Å². The summed E-state index contributed by atoms with van der Waals surface area (Å²) in [5.41, 5.74) is 3.52. The van der Waals surface area contributed by atoms with Crippen LogP contribution in [0, 0.1) is 0 Å². The van der Waals surface area contributed by atoms with Gasteiger partial charge in [-0.25, -0.2) is 0 Å². The molecular weight excluding hydrogens is 418 g/mol. The van der Waals surface area contributed by atoms with Gasteiger partial charge in [0.2, 0.25) is 11.8 Å². The normalized spacial score (nSPS) is 11.6. The highest BCUT2D eigenvalue weighted by Gasteiger charge is 2.23. The number of nitrogens with zero attached hydrogens (tertiary/aromatic N) is 2. The first-order valence-corrected chi connectivity index (χ1v) is 10.6. The standard InChI is InChI=1S/C26H23N3O4/c30-24(31)16-15-22(26-29-28-23(33-26)17-18-7-3-1-4-8-18)27-25(32)21-13-11-20(12-14-21)19-9-5-2-6-10-19/h1-14,22H,15-17H2,(H,27,32)(H,30,31)/t22-/m0/s1. The number of hydrogen-bond donors (Lipinski definition) is 2. The Kier molecular flexibility index (Phi) is 6.90. The molecule has 0 saturated carbocycles. The van der Waals surface area contributed by atoms with Crippen LogP contribution >= 0.6 is 0 Å². The lowest BCUT2D eigenvalue weighted by molar-refractivity contribution is -0.137. The molecule has 33 heavy (non-hydrogen) atoms. The molecule has 0 unspecified atom stereocenters. The first-order valence-electron chi connectivity index (χ1n) is 10.6. The van der Waals surface area contributed by atoms with Crippen LogP contribution < -0.4 is 5.32 Å². The molecule has 166 valence electrons. The van der Waals surface area contributed by atoms with Gasteiger partial charge in [0.1, 0.15) is 6.04 Å². The van der Waals surface area contributed by atoms with E-state index in [1.54, 1.807) is 12.1 Å². The fraction of sp³-hybridized carbons (Fsp3) is 0.154. The molecule has 1 atom stereocenters. The summed E-state index contributed by atoms with van der Waals surface area (Å²) in [6, 6.07) is 26.1. The lowest BCUT2D eigenvalue weighted by atomic mass is 10.0. The lowest BCUT2D eigenvalue weighted by Gasteiger charge is -2.14. The fourth-order valence-corrected chi connectivity index (χ4v) is 3.46. The number of hydrogen-bond acceptors (Lipinski definition) is 5. The average molecular weight is 441 g/mol. The van der Waals surface area contributed by atoms with E-state index in [1.165, 1.54) is 0 Å². The number of nitrogens with one attached hydrogen (secondary N) is 1. The summed E-state index contributed by atoms with van der Waals surface area (Å²) in [6.07, 6.45) is 0.443. The zero-order chi connectivity index (χ0) is 23.0. The summed E-state index contributed by atoms with van der Waals surface area (Å²) in [6.45, 7) is 0. The van der Waals surface area contributed by atoms with Crippen molar-refractivity contribution in [1.82, 2.24) is 15.5 Å². The summed E-state index contributed by atoms with van der Waals surface area (Å²) < 4.78 is 5.77. The molecular formula is C26H23N3O4. The minimum Gasteiger partial charge on any atom is -0.481 e. The predicted octanol–water partition coefficient (Wildman–Crippen LogP) is 4.66. The van der Waals surface area contributed by atoms with Gasteiger partial charge in [-0.05, 0) is 35.2 Å². The maximum absolute atomic E-state index is 12.9. The molecule has 4 aromatic rings. The number of amides is 1. The van der Waals surface area contributed by atoms with Crippen LogP contribution in [0.1, 0.15) is 46.6 Å². The SMILES string of the molecule is O=C(O)CC[C@H](NC(=O)c1ccc(-c2ccccc2)cc1)c1nnc(Cc2ccccc2)o1. The molecule has 0 aliphatic carbocycles. The van der Waals surface area contributed by atoms with Crippen LogP contribution in [-0.2, 0) is 11.2 Å². The van der Waals surface area contributed by atoms with Crippen LogP contribution in [0.4, 0.5) is 0 Å². The number of carbonyl (C=O) groups is 2.